The first-order chi connectivity index (χ1) is 32.0. The molecule has 0 radical (unpaired) electrons. The lowest BCUT2D eigenvalue weighted by molar-refractivity contribution is -0.121. The second-order valence-electron chi connectivity index (χ2n) is 22.3. The summed E-state index contributed by atoms with van der Waals surface area (Å²) in [5.74, 6) is 4.53. The smallest absolute Gasteiger partial charge is 0.136 e. The Morgan fingerprint density at radius 1 is 0.507 bits per heavy atom. The highest BCUT2D eigenvalue weighted by Gasteiger charge is 2.26. The van der Waals surface area contributed by atoms with E-state index in [0.717, 1.165) is 127 Å². The molecular formula is C63H110O4. The van der Waals surface area contributed by atoms with E-state index in [4.69, 9.17) is 0 Å². The summed E-state index contributed by atoms with van der Waals surface area (Å²) in [6.07, 6.45) is 47.1. The summed E-state index contributed by atoms with van der Waals surface area (Å²) in [4.78, 5) is 23.0. The fraction of sp³-hybridized carbons (Fsp3) is 0.778. The Labute approximate surface area is 416 Å². The van der Waals surface area contributed by atoms with Gasteiger partial charge in [-0.05, 0) is 201 Å². The minimum absolute atomic E-state index is 0.0400. The van der Waals surface area contributed by atoms with Gasteiger partial charge in [-0.2, -0.15) is 0 Å². The van der Waals surface area contributed by atoms with Crippen molar-refractivity contribution in [1.29, 1.82) is 0 Å². The van der Waals surface area contributed by atoms with Crippen molar-refractivity contribution in [1.82, 2.24) is 0 Å². The van der Waals surface area contributed by atoms with Crippen LogP contribution in [0.2, 0.25) is 0 Å². The predicted octanol–water partition coefficient (Wildman–Crippen LogP) is 18.7. The highest BCUT2D eigenvalue weighted by Crippen LogP contribution is 2.31. The number of rotatable bonds is 25. The van der Waals surface area contributed by atoms with E-state index in [1.54, 1.807) is 0 Å². The molecule has 0 saturated heterocycles. The van der Waals surface area contributed by atoms with Crippen LogP contribution in [0, 0.1) is 35.5 Å². The number of hydrogen-bond acceptors (Lipinski definition) is 4. The van der Waals surface area contributed by atoms with Crippen LogP contribution in [0.15, 0.2) is 69.9 Å². The van der Waals surface area contributed by atoms with Gasteiger partial charge >= 0.3 is 0 Å². The topological polar surface area (TPSA) is 74.6 Å². The maximum Gasteiger partial charge on any atom is 0.136 e. The molecule has 4 aliphatic carbocycles. The summed E-state index contributed by atoms with van der Waals surface area (Å²) in [7, 11) is 0. The van der Waals surface area contributed by atoms with Crippen LogP contribution >= 0.6 is 0 Å². The highest BCUT2D eigenvalue weighted by molar-refractivity contribution is 5.83. The quantitative estimate of drug-likeness (QED) is 0.0895. The molecule has 4 saturated carbocycles. The fourth-order valence-corrected chi connectivity index (χ4v) is 9.89. The lowest BCUT2D eigenvalue weighted by Gasteiger charge is -2.15. The second kappa shape index (κ2) is 38.5. The summed E-state index contributed by atoms with van der Waals surface area (Å²) in [6, 6.07) is 0. The summed E-state index contributed by atoms with van der Waals surface area (Å²) in [6.45, 7) is 26.7. The molecule has 8 unspecified atom stereocenters. The predicted molar refractivity (Wildman–Crippen MR) is 293 cm³/mol. The molecule has 4 fully saturated rings. The minimum atomic E-state index is -0.0405. The van der Waals surface area contributed by atoms with Crippen molar-refractivity contribution >= 4 is 11.6 Å². The lowest BCUT2D eigenvalue weighted by Crippen LogP contribution is -2.11. The summed E-state index contributed by atoms with van der Waals surface area (Å²) >= 11 is 0. The van der Waals surface area contributed by atoms with Crippen molar-refractivity contribution in [3.63, 3.8) is 0 Å². The zero-order chi connectivity index (χ0) is 50.0. The Morgan fingerprint density at radius 2 is 0.940 bits per heavy atom. The van der Waals surface area contributed by atoms with Crippen molar-refractivity contribution in [3.05, 3.63) is 69.9 Å². The van der Waals surface area contributed by atoms with Gasteiger partial charge in [-0.1, -0.05) is 149 Å². The van der Waals surface area contributed by atoms with Gasteiger partial charge in [-0.25, -0.2) is 0 Å². The Morgan fingerprint density at radius 3 is 1.33 bits per heavy atom. The molecule has 4 aliphatic rings. The summed E-state index contributed by atoms with van der Waals surface area (Å²) in [5.41, 5.74) is 8.75. The number of carbonyl (C=O) groups excluding carboxylic acids is 2. The zero-order valence-corrected chi connectivity index (χ0v) is 46.3. The van der Waals surface area contributed by atoms with Crippen LogP contribution in [-0.2, 0) is 9.59 Å². The van der Waals surface area contributed by atoms with Gasteiger partial charge < -0.3 is 10.2 Å². The van der Waals surface area contributed by atoms with E-state index in [2.05, 4.69) is 120 Å². The molecule has 0 heterocycles. The van der Waals surface area contributed by atoms with Gasteiger partial charge in [0.25, 0.3) is 0 Å². The zero-order valence-electron chi connectivity index (χ0n) is 46.3. The number of allylic oxidation sites excluding steroid dienone is 12. The number of aliphatic hydroxyl groups is 2. The number of aliphatic hydroxyl groups excluding tert-OH is 2. The molecule has 0 aromatic rings. The van der Waals surface area contributed by atoms with Crippen LogP contribution in [-0.4, -0.2) is 34.0 Å². The monoisotopic (exact) mass is 931 g/mol. The van der Waals surface area contributed by atoms with E-state index in [-0.39, 0.29) is 12.2 Å². The van der Waals surface area contributed by atoms with Crippen molar-refractivity contribution in [2.24, 2.45) is 35.5 Å². The SMILES string of the molecule is CC(C)=CCC/C(C)=C/CC1CCCC1O.CC/C(C)=C/CC/C(C)=C/CC1CCCC1=O.CC/C(C)=C/CC/C(C)=C/CC1CCCC1O.CCC(C)CCCC(C)CCC1CCCC1=O. The first-order valence-electron chi connectivity index (χ1n) is 28.3. The molecular weight excluding hydrogens is 821 g/mol. The number of Topliss-reactive ketones (excluding diaryl/α,β-unsaturated/α-hetero) is 2. The first kappa shape index (κ1) is 62.7. The van der Waals surface area contributed by atoms with Crippen LogP contribution in [0.4, 0.5) is 0 Å². The maximum atomic E-state index is 11.5. The average molecular weight is 932 g/mol. The molecule has 0 aromatic carbocycles. The molecule has 0 aromatic heterocycles. The average Bonchev–Trinajstić information content (AvgIpc) is 4.12. The molecule has 0 bridgehead atoms. The van der Waals surface area contributed by atoms with Gasteiger partial charge in [0.05, 0.1) is 12.2 Å². The van der Waals surface area contributed by atoms with E-state index in [9.17, 15) is 19.8 Å². The van der Waals surface area contributed by atoms with E-state index in [1.165, 1.54) is 104 Å². The normalized spacial score (nSPS) is 24.7. The molecule has 4 nitrogen and oxygen atoms in total. The highest BCUT2D eigenvalue weighted by atomic mass is 16.3. The van der Waals surface area contributed by atoms with Crippen LogP contribution in [0.1, 0.15) is 269 Å². The van der Waals surface area contributed by atoms with E-state index < -0.39 is 0 Å². The first-order valence-corrected chi connectivity index (χ1v) is 28.3. The van der Waals surface area contributed by atoms with E-state index in [1.807, 2.05) is 0 Å². The summed E-state index contributed by atoms with van der Waals surface area (Å²) in [5, 5.41) is 19.5. The van der Waals surface area contributed by atoms with Gasteiger partial charge in [0, 0.05) is 24.7 Å². The van der Waals surface area contributed by atoms with Gasteiger partial charge in [-0.15, -0.1) is 0 Å². The van der Waals surface area contributed by atoms with Crippen molar-refractivity contribution in [2.75, 3.05) is 0 Å². The van der Waals surface area contributed by atoms with E-state index >= 15 is 0 Å². The van der Waals surface area contributed by atoms with Crippen LogP contribution in [0.5, 0.6) is 0 Å². The largest absolute Gasteiger partial charge is 0.393 e. The third-order valence-corrected chi connectivity index (χ3v) is 15.8. The van der Waals surface area contributed by atoms with Crippen LogP contribution in [0.25, 0.3) is 0 Å². The molecule has 386 valence electrons. The van der Waals surface area contributed by atoms with Crippen molar-refractivity contribution in [3.8, 4) is 0 Å². The molecule has 0 aliphatic heterocycles. The van der Waals surface area contributed by atoms with Gasteiger partial charge in [0.1, 0.15) is 11.6 Å². The lowest BCUT2D eigenvalue weighted by atomic mass is 9.90. The molecule has 0 spiro atoms. The third kappa shape index (κ3) is 31.5. The Bertz CT molecular complexity index is 1520. The Kier molecular flexibility index (Phi) is 36.0. The van der Waals surface area contributed by atoms with Crippen molar-refractivity contribution < 1.29 is 19.8 Å². The van der Waals surface area contributed by atoms with Gasteiger partial charge in [0.2, 0.25) is 0 Å². The van der Waals surface area contributed by atoms with Gasteiger partial charge in [0.15, 0.2) is 0 Å². The van der Waals surface area contributed by atoms with Crippen LogP contribution in [0.3, 0.4) is 0 Å². The molecule has 4 rings (SSSR count). The Hall–Kier alpha value is -2.30. The minimum Gasteiger partial charge on any atom is -0.393 e. The molecule has 0 amide bonds. The molecule has 2 N–H and O–H groups in total. The standard InChI is InChI=1S/C16H30O.C16H28O.C16H26O.C15H26O/c3*1-4-13(2)7-5-8-14(3)11-12-15-9-6-10-16(15)17;1-12(2)6-4-7-13(3)10-11-14-8-5-9-15(14)16/h13-15H,4-12H2,1-3H3;7,11,15-17H,4-6,8-10,12H2,1-3H3;7,11,15H,4-6,8-10,12H2,1-3H3;6,10,14-16H,4-5,7-9,11H2,1-3H3/b;2*13-7+,14-11+;13-10+. The summed E-state index contributed by atoms with van der Waals surface area (Å²) < 4.78 is 0. The molecule has 67 heavy (non-hydrogen) atoms. The number of carbonyl (C=O) groups is 2. The molecule has 4 heteroatoms. The van der Waals surface area contributed by atoms with Crippen LogP contribution < -0.4 is 0 Å². The molecule has 8 atom stereocenters. The number of ketones is 2. The second-order valence-corrected chi connectivity index (χ2v) is 22.3. The van der Waals surface area contributed by atoms with Crippen molar-refractivity contribution in [2.45, 2.75) is 281 Å². The van der Waals surface area contributed by atoms with Gasteiger partial charge in [-0.3, -0.25) is 9.59 Å². The van der Waals surface area contributed by atoms with E-state index in [0.29, 0.717) is 35.2 Å². The number of hydrogen-bond donors (Lipinski definition) is 2. The Balaban J connectivity index is 0.000000447. The third-order valence-electron chi connectivity index (χ3n) is 15.8. The fourth-order valence-electron chi connectivity index (χ4n) is 9.89. The maximum absolute atomic E-state index is 11.5.